The molecule has 0 bridgehead atoms. The molecule has 0 fully saturated rings. The van der Waals surface area contributed by atoms with E-state index in [-0.39, 0.29) is 19.3 Å². The van der Waals surface area contributed by atoms with Crippen molar-refractivity contribution in [2.75, 3.05) is 7.11 Å². The molecule has 1 N–H and O–H groups in total. The van der Waals surface area contributed by atoms with Gasteiger partial charge in [0.1, 0.15) is 0 Å². The molecule has 0 spiro atoms. The van der Waals surface area contributed by atoms with Crippen molar-refractivity contribution in [2.24, 2.45) is 5.92 Å². The fourth-order valence-corrected chi connectivity index (χ4v) is 3.03. The number of ether oxygens (including phenoxy) is 1. The Bertz CT molecular complexity index is 315. The van der Waals surface area contributed by atoms with Crippen molar-refractivity contribution in [1.82, 2.24) is 0 Å². The van der Waals surface area contributed by atoms with Crippen LogP contribution in [0.3, 0.4) is 0 Å². The molecule has 0 aromatic rings. The normalized spacial score (nSPS) is 11.6. The predicted molar refractivity (Wildman–Crippen MR) is 105 cm³/mol. The summed E-state index contributed by atoms with van der Waals surface area (Å²) < 4.78 is 4.61. The average Bonchev–Trinajstić information content (AvgIpc) is 2.57. The third kappa shape index (κ3) is 17.6. The molecule has 0 aromatic heterocycles. The summed E-state index contributed by atoms with van der Waals surface area (Å²) in [5, 5.41) is 9.28. The lowest BCUT2D eigenvalue weighted by molar-refractivity contribution is -0.142. The number of aliphatic carboxylic acids is 1. The van der Waals surface area contributed by atoms with Crippen LogP contribution in [0.25, 0.3) is 0 Å². The van der Waals surface area contributed by atoms with Crippen molar-refractivity contribution < 1.29 is 19.4 Å². The third-order valence-electron chi connectivity index (χ3n) is 4.67. The Morgan fingerprint density at radius 3 is 1.68 bits per heavy atom. The molecule has 0 saturated heterocycles. The summed E-state index contributed by atoms with van der Waals surface area (Å²) in [6.45, 7) is 2.17. The van der Waals surface area contributed by atoms with Crippen molar-refractivity contribution in [3.8, 4) is 0 Å². The molecule has 4 heteroatoms. The zero-order valence-electron chi connectivity index (χ0n) is 15.9. The van der Waals surface area contributed by atoms with Gasteiger partial charge in [0.05, 0.1) is 13.0 Å². The Labute approximate surface area is 155 Å². The van der Waals surface area contributed by atoms with Gasteiger partial charge < -0.3 is 9.84 Å². The minimum absolute atomic E-state index is 0. The molecule has 0 aromatic carbocycles. The van der Waals surface area contributed by atoms with E-state index in [1.807, 2.05) is 0 Å². The number of rotatable bonds is 17. The second-order valence-electron chi connectivity index (χ2n) is 6.83. The molecule has 1 unspecified atom stereocenters. The quantitative estimate of drug-likeness (QED) is 0.242. The molecule has 0 heterocycles. The lowest BCUT2D eigenvalue weighted by Gasteiger charge is -2.12. The number of carbonyl (C=O) groups is 2. The lowest BCUT2D eigenvalue weighted by Crippen LogP contribution is -2.13. The minimum atomic E-state index is -0.614. The van der Waals surface area contributed by atoms with E-state index in [4.69, 9.17) is 0 Å². The molecule has 1 atom stereocenters. The second-order valence-corrected chi connectivity index (χ2v) is 6.83. The van der Waals surface area contributed by atoms with Gasteiger partial charge in [-0.1, -0.05) is 85.0 Å². The number of unbranched alkanes of at least 4 members (excludes halogenated alkanes) is 10. The first kappa shape index (κ1) is 26.2. The SMILES string of the molecule is C.CCCCCCC(CCCCCCCCCCC(=O)OC)C(=O)O. The van der Waals surface area contributed by atoms with Crippen LogP contribution in [0.15, 0.2) is 0 Å². The van der Waals surface area contributed by atoms with Crippen LogP contribution >= 0.6 is 0 Å². The van der Waals surface area contributed by atoms with Gasteiger partial charge in [0.2, 0.25) is 0 Å². The predicted octanol–water partition coefficient (Wildman–Crippen LogP) is 6.37. The average molecular weight is 359 g/mol. The maximum absolute atomic E-state index is 11.3. The number of hydrogen-bond acceptors (Lipinski definition) is 3. The summed E-state index contributed by atoms with van der Waals surface area (Å²) in [5.74, 6) is -0.866. The van der Waals surface area contributed by atoms with Crippen molar-refractivity contribution in [3.05, 3.63) is 0 Å². The molecular formula is C21H42O4. The van der Waals surface area contributed by atoms with Gasteiger partial charge in [-0.25, -0.2) is 0 Å². The summed E-state index contributed by atoms with van der Waals surface area (Å²) >= 11 is 0. The van der Waals surface area contributed by atoms with E-state index >= 15 is 0 Å². The summed E-state index contributed by atoms with van der Waals surface area (Å²) in [5.41, 5.74) is 0. The van der Waals surface area contributed by atoms with Crippen molar-refractivity contribution in [3.63, 3.8) is 0 Å². The zero-order chi connectivity index (χ0) is 18.0. The third-order valence-corrected chi connectivity index (χ3v) is 4.67. The van der Waals surface area contributed by atoms with Gasteiger partial charge >= 0.3 is 11.9 Å². The van der Waals surface area contributed by atoms with Crippen molar-refractivity contribution >= 4 is 11.9 Å². The van der Waals surface area contributed by atoms with Gasteiger partial charge in [0.25, 0.3) is 0 Å². The molecule has 0 aliphatic carbocycles. The number of carboxylic acids is 1. The Morgan fingerprint density at radius 1 is 0.800 bits per heavy atom. The van der Waals surface area contributed by atoms with Crippen LogP contribution in [0.2, 0.25) is 0 Å². The Hall–Kier alpha value is -1.06. The van der Waals surface area contributed by atoms with E-state index in [9.17, 15) is 14.7 Å². The van der Waals surface area contributed by atoms with E-state index in [0.717, 1.165) is 51.4 Å². The molecule has 0 radical (unpaired) electrons. The van der Waals surface area contributed by atoms with Gasteiger partial charge in [-0.2, -0.15) is 0 Å². The summed E-state index contributed by atoms with van der Waals surface area (Å²) in [6, 6.07) is 0. The number of hydrogen-bond donors (Lipinski definition) is 1. The monoisotopic (exact) mass is 358 g/mol. The molecule has 0 rings (SSSR count). The summed E-state index contributed by atoms with van der Waals surface area (Å²) in [6.07, 6.45) is 15.8. The van der Waals surface area contributed by atoms with Crippen LogP contribution in [-0.4, -0.2) is 24.2 Å². The molecular weight excluding hydrogens is 316 g/mol. The number of carbonyl (C=O) groups excluding carboxylic acids is 1. The van der Waals surface area contributed by atoms with Crippen LogP contribution in [-0.2, 0) is 14.3 Å². The van der Waals surface area contributed by atoms with E-state index < -0.39 is 5.97 Å². The van der Waals surface area contributed by atoms with Crippen molar-refractivity contribution in [2.45, 2.75) is 111 Å². The number of carboxylic acid groups (broad SMARTS) is 1. The number of esters is 1. The fraction of sp³-hybridized carbons (Fsp3) is 0.905. The first-order valence-corrected chi connectivity index (χ1v) is 9.91. The fourth-order valence-electron chi connectivity index (χ4n) is 3.03. The van der Waals surface area contributed by atoms with Crippen LogP contribution < -0.4 is 0 Å². The van der Waals surface area contributed by atoms with E-state index in [1.165, 1.54) is 45.6 Å². The van der Waals surface area contributed by atoms with Crippen LogP contribution in [0.1, 0.15) is 111 Å². The Kier molecular flexibility index (Phi) is 20.2. The molecule has 4 nitrogen and oxygen atoms in total. The topological polar surface area (TPSA) is 63.6 Å². The van der Waals surface area contributed by atoms with Crippen LogP contribution in [0.5, 0.6) is 0 Å². The molecule has 150 valence electrons. The van der Waals surface area contributed by atoms with Gasteiger partial charge in [0.15, 0.2) is 0 Å². The Balaban J connectivity index is 0. The van der Waals surface area contributed by atoms with E-state index in [2.05, 4.69) is 11.7 Å². The standard InChI is InChI=1S/C20H38O4.CH4/c1-3-4-5-12-15-18(20(22)23)16-13-10-8-6-7-9-11-14-17-19(21)24-2;/h18H,3-17H2,1-2H3,(H,22,23);1H4. The van der Waals surface area contributed by atoms with Crippen molar-refractivity contribution in [1.29, 1.82) is 0 Å². The first-order valence-electron chi connectivity index (χ1n) is 9.91. The number of methoxy groups -OCH3 is 1. The Morgan fingerprint density at radius 2 is 1.24 bits per heavy atom. The molecule has 0 aliphatic heterocycles. The van der Waals surface area contributed by atoms with Gasteiger partial charge in [-0.3, -0.25) is 9.59 Å². The molecule has 0 aliphatic rings. The maximum atomic E-state index is 11.3. The van der Waals surface area contributed by atoms with Gasteiger partial charge in [-0.05, 0) is 19.3 Å². The lowest BCUT2D eigenvalue weighted by atomic mass is 9.94. The van der Waals surface area contributed by atoms with E-state index in [0.29, 0.717) is 6.42 Å². The highest BCUT2D eigenvalue weighted by molar-refractivity contribution is 5.69. The van der Waals surface area contributed by atoms with Crippen LogP contribution in [0, 0.1) is 5.92 Å². The summed E-state index contributed by atoms with van der Waals surface area (Å²) in [7, 11) is 1.43. The van der Waals surface area contributed by atoms with E-state index in [1.54, 1.807) is 0 Å². The molecule has 0 amide bonds. The second kappa shape index (κ2) is 19.3. The molecule has 0 saturated carbocycles. The highest BCUT2D eigenvalue weighted by Crippen LogP contribution is 2.19. The zero-order valence-corrected chi connectivity index (χ0v) is 15.9. The molecule has 25 heavy (non-hydrogen) atoms. The van der Waals surface area contributed by atoms with Crippen LogP contribution in [0.4, 0.5) is 0 Å². The summed E-state index contributed by atoms with van der Waals surface area (Å²) in [4.78, 5) is 22.2. The van der Waals surface area contributed by atoms with Gasteiger partial charge in [0, 0.05) is 6.42 Å². The first-order chi connectivity index (χ1) is 11.6. The highest BCUT2D eigenvalue weighted by Gasteiger charge is 2.16. The van der Waals surface area contributed by atoms with Gasteiger partial charge in [-0.15, -0.1) is 0 Å². The minimum Gasteiger partial charge on any atom is -0.481 e. The highest BCUT2D eigenvalue weighted by atomic mass is 16.5. The maximum Gasteiger partial charge on any atom is 0.306 e. The smallest absolute Gasteiger partial charge is 0.306 e. The largest absolute Gasteiger partial charge is 0.481 e.